The van der Waals surface area contributed by atoms with Crippen LogP contribution in [0.15, 0.2) is 53.5 Å². The van der Waals surface area contributed by atoms with Crippen molar-refractivity contribution in [3.63, 3.8) is 0 Å². The first kappa shape index (κ1) is 19.8. The molecule has 0 saturated heterocycles. The molecule has 0 bridgehead atoms. The standard InChI is InChI=1S/C23H27ClN4O/c1-25-22(27-16-23(10-11-23)19-7-4-8-20(24)13-19)26-14-21(29)28-12-9-17-5-2-3-6-18(17)15-28/h2-8,13H,9-12,14-16H2,1H3,(H2,25,26,27). The largest absolute Gasteiger partial charge is 0.356 e. The number of carbonyl (C=O) groups is 1. The molecular formula is C23H27ClN4O. The molecular weight excluding hydrogens is 384 g/mol. The second kappa shape index (κ2) is 8.46. The van der Waals surface area contributed by atoms with Crippen molar-refractivity contribution in [1.82, 2.24) is 15.5 Å². The molecule has 1 fully saturated rings. The fourth-order valence-corrected chi connectivity index (χ4v) is 4.18. The van der Waals surface area contributed by atoms with E-state index in [-0.39, 0.29) is 17.9 Å². The zero-order chi connectivity index (χ0) is 20.3. The van der Waals surface area contributed by atoms with Gasteiger partial charge in [-0.2, -0.15) is 0 Å². The summed E-state index contributed by atoms with van der Waals surface area (Å²) in [7, 11) is 1.73. The fraction of sp³-hybridized carbons (Fsp3) is 0.391. The van der Waals surface area contributed by atoms with E-state index in [2.05, 4.69) is 39.9 Å². The third-order valence-corrected chi connectivity index (χ3v) is 6.23. The lowest BCUT2D eigenvalue weighted by Gasteiger charge is -2.29. The van der Waals surface area contributed by atoms with E-state index in [1.165, 1.54) is 16.7 Å². The van der Waals surface area contributed by atoms with Crippen molar-refractivity contribution in [2.24, 2.45) is 4.99 Å². The van der Waals surface area contributed by atoms with E-state index in [1.54, 1.807) is 7.05 Å². The summed E-state index contributed by atoms with van der Waals surface area (Å²) in [6, 6.07) is 16.4. The molecule has 2 aliphatic rings. The molecule has 1 aliphatic carbocycles. The highest BCUT2D eigenvalue weighted by Gasteiger charge is 2.44. The molecule has 0 atom stereocenters. The van der Waals surface area contributed by atoms with Crippen molar-refractivity contribution in [1.29, 1.82) is 0 Å². The van der Waals surface area contributed by atoms with Gasteiger partial charge >= 0.3 is 0 Å². The SMILES string of the molecule is CN=C(NCC(=O)N1CCc2ccccc2C1)NCC1(c2cccc(Cl)c2)CC1. The van der Waals surface area contributed by atoms with Crippen LogP contribution in [0.4, 0.5) is 0 Å². The van der Waals surface area contributed by atoms with Crippen molar-refractivity contribution >= 4 is 23.5 Å². The number of amides is 1. The normalized spacial score (nSPS) is 17.4. The van der Waals surface area contributed by atoms with E-state index >= 15 is 0 Å². The zero-order valence-corrected chi connectivity index (χ0v) is 17.5. The van der Waals surface area contributed by atoms with Gasteiger partial charge in [-0.15, -0.1) is 0 Å². The summed E-state index contributed by atoms with van der Waals surface area (Å²) in [6.45, 7) is 2.46. The maximum atomic E-state index is 12.7. The monoisotopic (exact) mass is 410 g/mol. The quantitative estimate of drug-likeness (QED) is 0.588. The summed E-state index contributed by atoms with van der Waals surface area (Å²) in [5, 5.41) is 7.33. The van der Waals surface area contributed by atoms with Crippen LogP contribution in [-0.4, -0.2) is 43.4 Å². The Labute approximate surface area is 177 Å². The molecule has 6 heteroatoms. The Kier molecular flexibility index (Phi) is 5.76. The summed E-state index contributed by atoms with van der Waals surface area (Å²) < 4.78 is 0. The number of guanidine groups is 1. The van der Waals surface area contributed by atoms with Crippen LogP contribution in [0, 0.1) is 0 Å². The van der Waals surface area contributed by atoms with Gasteiger partial charge in [0, 0.05) is 37.1 Å². The highest BCUT2D eigenvalue weighted by Crippen LogP contribution is 2.48. The molecule has 5 nitrogen and oxygen atoms in total. The van der Waals surface area contributed by atoms with Gasteiger partial charge in [0.05, 0.1) is 6.54 Å². The lowest BCUT2D eigenvalue weighted by Crippen LogP contribution is -2.47. The predicted molar refractivity (Wildman–Crippen MR) is 117 cm³/mol. The van der Waals surface area contributed by atoms with Crippen LogP contribution in [0.3, 0.4) is 0 Å². The average molecular weight is 411 g/mol. The molecule has 0 radical (unpaired) electrons. The maximum Gasteiger partial charge on any atom is 0.242 e. The van der Waals surface area contributed by atoms with E-state index in [4.69, 9.17) is 11.6 Å². The first-order valence-corrected chi connectivity index (χ1v) is 10.5. The minimum atomic E-state index is 0.0958. The van der Waals surface area contributed by atoms with Gasteiger partial charge in [0.1, 0.15) is 0 Å². The minimum absolute atomic E-state index is 0.0958. The first-order valence-electron chi connectivity index (χ1n) is 10.1. The number of nitrogens with one attached hydrogen (secondary N) is 2. The number of carbonyl (C=O) groups excluding carboxylic acids is 1. The fourth-order valence-electron chi connectivity index (χ4n) is 3.99. The van der Waals surface area contributed by atoms with Gasteiger partial charge in [-0.05, 0) is 48.1 Å². The summed E-state index contributed by atoms with van der Waals surface area (Å²) in [5.41, 5.74) is 3.96. The van der Waals surface area contributed by atoms with Crippen molar-refractivity contribution in [3.8, 4) is 0 Å². The van der Waals surface area contributed by atoms with Gasteiger partial charge in [-0.25, -0.2) is 0 Å². The molecule has 152 valence electrons. The third kappa shape index (κ3) is 4.56. The van der Waals surface area contributed by atoms with Crippen LogP contribution < -0.4 is 10.6 Å². The van der Waals surface area contributed by atoms with Crippen molar-refractivity contribution in [3.05, 3.63) is 70.2 Å². The van der Waals surface area contributed by atoms with Gasteiger partial charge in [0.15, 0.2) is 5.96 Å². The number of aliphatic imine (C=N–C) groups is 1. The van der Waals surface area contributed by atoms with Crippen molar-refractivity contribution < 1.29 is 4.79 Å². The second-order valence-corrected chi connectivity index (χ2v) is 8.34. The van der Waals surface area contributed by atoms with Gasteiger partial charge in [0.2, 0.25) is 5.91 Å². The Balaban J connectivity index is 1.28. The number of hydrogen-bond donors (Lipinski definition) is 2. The number of fused-ring (bicyclic) bond motifs is 1. The summed E-state index contributed by atoms with van der Waals surface area (Å²) in [4.78, 5) is 18.9. The van der Waals surface area contributed by atoms with E-state index in [1.807, 2.05) is 29.2 Å². The molecule has 1 amide bonds. The number of rotatable bonds is 5. The Morgan fingerprint density at radius 1 is 1.14 bits per heavy atom. The Morgan fingerprint density at radius 2 is 1.93 bits per heavy atom. The van der Waals surface area contributed by atoms with Gasteiger partial charge in [0.25, 0.3) is 0 Å². The van der Waals surface area contributed by atoms with Crippen molar-refractivity contribution in [2.45, 2.75) is 31.2 Å². The highest BCUT2D eigenvalue weighted by atomic mass is 35.5. The molecule has 29 heavy (non-hydrogen) atoms. The smallest absolute Gasteiger partial charge is 0.242 e. The molecule has 0 spiro atoms. The number of hydrogen-bond acceptors (Lipinski definition) is 2. The molecule has 1 saturated carbocycles. The Morgan fingerprint density at radius 3 is 2.66 bits per heavy atom. The van der Waals surface area contributed by atoms with E-state index in [0.717, 1.165) is 37.4 Å². The number of nitrogens with zero attached hydrogens (tertiary/aromatic N) is 2. The molecule has 2 N–H and O–H groups in total. The van der Waals surface area contributed by atoms with Gasteiger partial charge in [-0.3, -0.25) is 9.79 Å². The van der Waals surface area contributed by atoms with Crippen LogP contribution in [0.5, 0.6) is 0 Å². The van der Waals surface area contributed by atoms with Crippen LogP contribution in [0.25, 0.3) is 0 Å². The molecule has 2 aromatic carbocycles. The minimum Gasteiger partial charge on any atom is -0.356 e. The molecule has 1 aliphatic heterocycles. The second-order valence-electron chi connectivity index (χ2n) is 7.90. The Hall–Kier alpha value is -2.53. The zero-order valence-electron chi connectivity index (χ0n) is 16.7. The van der Waals surface area contributed by atoms with Crippen LogP contribution >= 0.6 is 11.6 Å². The first-order chi connectivity index (χ1) is 14.1. The summed E-state index contributed by atoms with van der Waals surface area (Å²) in [6.07, 6.45) is 3.17. The van der Waals surface area contributed by atoms with Crippen LogP contribution in [-0.2, 0) is 23.2 Å². The molecule has 2 aromatic rings. The lowest BCUT2D eigenvalue weighted by molar-refractivity contribution is -0.130. The molecule has 1 heterocycles. The highest BCUT2D eigenvalue weighted by molar-refractivity contribution is 6.30. The summed E-state index contributed by atoms with van der Waals surface area (Å²) in [5.74, 6) is 0.752. The lowest BCUT2D eigenvalue weighted by atomic mass is 9.96. The average Bonchev–Trinajstić information content (AvgIpc) is 3.54. The molecule has 0 aromatic heterocycles. The van der Waals surface area contributed by atoms with Crippen molar-refractivity contribution in [2.75, 3.05) is 26.7 Å². The van der Waals surface area contributed by atoms with Gasteiger partial charge < -0.3 is 15.5 Å². The van der Waals surface area contributed by atoms with Crippen LogP contribution in [0.2, 0.25) is 5.02 Å². The van der Waals surface area contributed by atoms with E-state index < -0.39 is 0 Å². The molecule has 4 rings (SSSR count). The van der Waals surface area contributed by atoms with Crippen LogP contribution in [0.1, 0.15) is 29.5 Å². The number of halogens is 1. The third-order valence-electron chi connectivity index (χ3n) is 6.00. The Bertz CT molecular complexity index is 923. The summed E-state index contributed by atoms with van der Waals surface area (Å²) >= 11 is 6.16. The maximum absolute atomic E-state index is 12.7. The predicted octanol–water partition coefficient (Wildman–Crippen LogP) is 3.12. The van der Waals surface area contributed by atoms with E-state index in [0.29, 0.717) is 12.5 Å². The topological polar surface area (TPSA) is 56.7 Å². The molecule has 0 unspecified atom stereocenters. The van der Waals surface area contributed by atoms with E-state index in [9.17, 15) is 4.79 Å². The van der Waals surface area contributed by atoms with Gasteiger partial charge in [-0.1, -0.05) is 48.0 Å². The number of benzene rings is 2.